The molecule has 0 amide bonds. The molecular formula is C35H39N7O2. The first-order valence-corrected chi connectivity index (χ1v) is 15.7. The zero-order valence-corrected chi connectivity index (χ0v) is 25.4. The second-order valence-electron chi connectivity index (χ2n) is 12.1. The molecule has 1 N–H and O–H groups in total. The monoisotopic (exact) mass is 589 g/mol. The SMILES string of the molecule is Cc1ccc2cc([C@H](c3nnnn3C[C@@H]3CCCO3)N3CCN(C(c4ccccc4)c4ccccc4)CC3)c(=O)[nH]c2c1C. The van der Waals surface area contributed by atoms with Gasteiger partial charge in [0.1, 0.15) is 6.04 Å². The van der Waals surface area contributed by atoms with Crippen LogP contribution in [0.15, 0.2) is 83.7 Å². The highest BCUT2D eigenvalue weighted by Crippen LogP contribution is 2.33. The van der Waals surface area contributed by atoms with Gasteiger partial charge in [0.15, 0.2) is 5.82 Å². The Morgan fingerprint density at radius 2 is 1.55 bits per heavy atom. The summed E-state index contributed by atoms with van der Waals surface area (Å²) in [7, 11) is 0. The van der Waals surface area contributed by atoms with E-state index in [9.17, 15) is 4.79 Å². The highest BCUT2D eigenvalue weighted by molar-refractivity contribution is 5.83. The van der Waals surface area contributed by atoms with Crippen molar-refractivity contribution in [3.05, 3.63) is 123 Å². The van der Waals surface area contributed by atoms with E-state index < -0.39 is 6.04 Å². The van der Waals surface area contributed by atoms with Crippen molar-refractivity contribution in [1.29, 1.82) is 0 Å². The van der Waals surface area contributed by atoms with Crippen LogP contribution in [-0.4, -0.2) is 73.9 Å². The number of tetrazole rings is 1. The van der Waals surface area contributed by atoms with Gasteiger partial charge in [-0.1, -0.05) is 72.8 Å². The number of piperazine rings is 1. The number of nitrogens with one attached hydrogen (secondary N) is 1. The van der Waals surface area contributed by atoms with Gasteiger partial charge in [-0.3, -0.25) is 14.6 Å². The fourth-order valence-electron chi connectivity index (χ4n) is 6.90. The van der Waals surface area contributed by atoms with E-state index in [1.54, 1.807) is 0 Å². The molecule has 2 fully saturated rings. The number of hydrogen-bond acceptors (Lipinski definition) is 7. The van der Waals surface area contributed by atoms with Crippen molar-refractivity contribution in [3.63, 3.8) is 0 Å². The maximum Gasteiger partial charge on any atom is 0.253 e. The van der Waals surface area contributed by atoms with E-state index in [1.165, 1.54) is 11.1 Å². The van der Waals surface area contributed by atoms with E-state index in [0.29, 0.717) is 17.9 Å². The summed E-state index contributed by atoms with van der Waals surface area (Å²) in [5.74, 6) is 0.685. The predicted octanol–water partition coefficient (Wildman–Crippen LogP) is 4.81. The van der Waals surface area contributed by atoms with Crippen molar-refractivity contribution in [3.8, 4) is 0 Å². The molecule has 0 unspecified atom stereocenters. The fraction of sp³-hybridized carbons (Fsp3) is 0.371. The Balaban J connectivity index is 1.24. The van der Waals surface area contributed by atoms with Gasteiger partial charge < -0.3 is 9.72 Å². The molecule has 7 rings (SSSR count). The fourth-order valence-corrected chi connectivity index (χ4v) is 6.90. The lowest BCUT2D eigenvalue weighted by Crippen LogP contribution is -2.50. The van der Waals surface area contributed by atoms with E-state index in [2.05, 4.69) is 117 Å². The average molecular weight is 590 g/mol. The predicted molar refractivity (Wildman–Crippen MR) is 171 cm³/mol. The molecule has 0 bridgehead atoms. The number of fused-ring (bicyclic) bond motifs is 1. The minimum atomic E-state index is -0.393. The van der Waals surface area contributed by atoms with E-state index in [4.69, 9.17) is 4.74 Å². The maximum absolute atomic E-state index is 13.9. The number of H-pyrrole nitrogens is 1. The minimum Gasteiger partial charge on any atom is -0.376 e. The van der Waals surface area contributed by atoms with E-state index >= 15 is 0 Å². The van der Waals surface area contributed by atoms with Crippen molar-refractivity contribution in [2.45, 2.75) is 51.4 Å². The summed E-state index contributed by atoms with van der Waals surface area (Å²) < 4.78 is 7.79. The third-order valence-corrected chi connectivity index (χ3v) is 9.39. The van der Waals surface area contributed by atoms with Gasteiger partial charge in [-0.2, -0.15) is 0 Å². The molecule has 0 aliphatic carbocycles. The van der Waals surface area contributed by atoms with Crippen molar-refractivity contribution in [2.75, 3.05) is 32.8 Å². The van der Waals surface area contributed by atoms with E-state index in [-0.39, 0.29) is 17.7 Å². The largest absolute Gasteiger partial charge is 0.376 e. The van der Waals surface area contributed by atoms with Crippen LogP contribution in [0.2, 0.25) is 0 Å². The molecule has 4 heterocycles. The van der Waals surface area contributed by atoms with Crippen molar-refractivity contribution >= 4 is 10.9 Å². The second-order valence-corrected chi connectivity index (χ2v) is 12.1. The minimum absolute atomic E-state index is 0.0766. The second kappa shape index (κ2) is 12.4. The molecule has 9 nitrogen and oxygen atoms in total. The molecule has 2 aliphatic heterocycles. The Hall–Kier alpha value is -4.18. The molecule has 5 aromatic rings. The first-order valence-electron chi connectivity index (χ1n) is 15.7. The lowest BCUT2D eigenvalue weighted by molar-refractivity contribution is 0.0778. The zero-order valence-electron chi connectivity index (χ0n) is 25.4. The lowest BCUT2D eigenvalue weighted by atomic mass is 9.95. The molecule has 0 spiro atoms. The number of ether oxygens (including phenoxy) is 1. The smallest absolute Gasteiger partial charge is 0.253 e. The number of nitrogens with zero attached hydrogens (tertiary/aromatic N) is 6. The number of aromatic amines is 1. The third-order valence-electron chi connectivity index (χ3n) is 9.39. The Morgan fingerprint density at radius 1 is 0.886 bits per heavy atom. The number of aromatic nitrogens is 5. The summed E-state index contributed by atoms with van der Waals surface area (Å²) >= 11 is 0. The van der Waals surface area contributed by atoms with Gasteiger partial charge in [0.25, 0.3) is 5.56 Å². The quantitative estimate of drug-likeness (QED) is 0.278. The van der Waals surface area contributed by atoms with Crippen LogP contribution < -0.4 is 5.56 Å². The molecule has 2 aliphatic rings. The molecule has 9 heteroatoms. The molecule has 3 aromatic carbocycles. The summed E-state index contributed by atoms with van der Waals surface area (Å²) in [6, 6.07) is 27.4. The lowest BCUT2D eigenvalue weighted by Gasteiger charge is -2.42. The molecule has 44 heavy (non-hydrogen) atoms. The third kappa shape index (κ3) is 5.58. The molecule has 0 radical (unpaired) electrons. The zero-order chi connectivity index (χ0) is 30.0. The summed E-state index contributed by atoms with van der Waals surface area (Å²) in [6.07, 6.45) is 2.10. The van der Waals surface area contributed by atoms with Crippen LogP contribution in [0.1, 0.15) is 58.6 Å². The Morgan fingerprint density at radius 3 is 2.18 bits per heavy atom. The van der Waals surface area contributed by atoms with Gasteiger partial charge in [-0.15, -0.1) is 5.10 Å². The van der Waals surface area contributed by atoms with Crippen LogP contribution in [0.25, 0.3) is 10.9 Å². The normalized spacial score (nSPS) is 18.8. The summed E-state index contributed by atoms with van der Waals surface area (Å²) in [4.78, 5) is 22.0. The number of benzene rings is 3. The first-order chi connectivity index (χ1) is 21.6. The summed E-state index contributed by atoms with van der Waals surface area (Å²) in [5, 5.41) is 14.1. The first kappa shape index (κ1) is 28.6. The standard InChI is InChI=1S/C35H39N7O2/c1-24-15-16-28-22-30(35(43)36-31(28)25(24)2)33(34-37-38-39-42(34)23-29-14-9-21-44-29)41-19-17-40(18-20-41)32(26-10-5-3-6-11-26)27-12-7-4-8-13-27/h3-8,10-13,15-16,22,29,32-33H,9,14,17-21,23H2,1-2H3,(H,36,43)/t29-,33+/m0/s1. The Labute approximate surface area is 257 Å². The summed E-state index contributed by atoms with van der Waals surface area (Å²) in [6.45, 7) is 8.66. The van der Waals surface area contributed by atoms with Crippen LogP contribution in [-0.2, 0) is 11.3 Å². The molecular weight excluding hydrogens is 550 g/mol. The van der Waals surface area contributed by atoms with Gasteiger partial charge in [0, 0.05) is 38.3 Å². The Kier molecular flexibility index (Phi) is 8.08. The van der Waals surface area contributed by atoms with Gasteiger partial charge >= 0.3 is 0 Å². The molecule has 226 valence electrons. The topological polar surface area (TPSA) is 92.2 Å². The van der Waals surface area contributed by atoms with E-state index in [0.717, 1.165) is 67.7 Å². The van der Waals surface area contributed by atoms with Gasteiger partial charge in [-0.05, 0) is 70.8 Å². The molecule has 0 saturated carbocycles. The van der Waals surface area contributed by atoms with Crippen LogP contribution in [0.4, 0.5) is 0 Å². The van der Waals surface area contributed by atoms with Crippen LogP contribution in [0.3, 0.4) is 0 Å². The number of hydrogen-bond donors (Lipinski definition) is 1. The van der Waals surface area contributed by atoms with Gasteiger partial charge in [0.2, 0.25) is 0 Å². The molecule has 2 aromatic heterocycles. The van der Waals surface area contributed by atoms with Crippen LogP contribution in [0, 0.1) is 13.8 Å². The maximum atomic E-state index is 13.9. The van der Waals surface area contributed by atoms with Gasteiger partial charge in [-0.25, -0.2) is 4.68 Å². The Bertz CT molecular complexity index is 1730. The number of rotatable bonds is 8. The van der Waals surface area contributed by atoms with Gasteiger partial charge in [0.05, 0.1) is 24.2 Å². The van der Waals surface area contributed by atoms with Crippen LogP contribution in [0.5, 0.6) is 0 Å². The van der Waals surface area contributed by atoms with Crippen molar-refractivity contribution < 1.29 is 4.74 Å². The van der Waals surface area contributed by atoms with E-state index in [1.807, 2.05) is 10.7 Å². The molecule has 2 saturated heterocycles. The number of pyridine rings is 1. The molecule has 2 atom stereocenters. The highest BCUT2D eigenvalue weighted by atomic mass is 16.5. The van der Waals surface area contributed by atoms with Crippen molar-refractivity contribution in [1.82, 2.24) is 35.0 Å². The average Bonchev–Trinajstić information content (AvgIpc) is 3.75. The van der Waals surface area contributed by atoms with Crippen LogP contribution >= 0.6 is 0 Å². The highest BCUT2D eigenvalue weighted by Gasteiger charge is 2.35. The summed E-state index contributed by atoms with van der Waals surface area (Å²) in [5.41, 5.74) is 6.25. The number of aryl methyl sites for hydroxylation is 2. The van der Waals surface area contributed by atoms with Crippen molar-refractivity contribution in [2.24, 2.45) is 0 Å².